The van der Waals surface area contributed by atoms with E-state index in [1.165, 1.54) is 25.9 Å². The molecule has 0 saturated carbocycles. The Morgan fingerprint density at radius 1 is 1.21 bits per heavy atom. The van der Waals surface area contributed by atoms with Crippen molar-refractivity contribution < 1.29 is 9.47 Å². The molecule has 3 rings (SSSR count). The second-order valence-electron chi connectivity index (χ2n) is 5.04. The summed E-state index contributed by atoms with van der Waals surface area (Å²) in [6.07, 6.45) is 2.69. The molecule has 0 radical (unpaired) electrons. The van der Waals surface area contributed by atoms with E-state index in [4.69, 9.17) is 21.1 Å². The molecule has 2 aliphatic rings. The van der Waals surface area contributed by atoms with Crippen molar-refractivity contribution in [2.24, 2.45) is 0 Å². The van der Waals surface area contributed by atoms with Crippen LogP contribution >= 0.6 is 11.6 Å². The summed E-state index contributed by atoms with van der Waals surface area (Å²) in [4.78, 5) is 2.50. The number of halogens is 1. The van der Waals surface area contributed by atoms with Gasteiger partial charge in [0.15, 0.2) is 11.5 Å². The number of hydrogen-bond donors (Lipinski definition) is 1. The van der Waals surface area contributed by atoms with Crippen molar-refractivity contribution >= 4 is 11.6 Å². The zero-order valence-corrected chi connectivity index (χ0v) is 11.7. The number of likely N-dealkylation sites (tertiary alicyclic amines) is 1. The summed E-state index contributed by atoms with van der Waals surface area (Å²) < 4.78 is 10.7. The van der Waals surface area contributed by atoms with Gasteiger partial charge in [-0.15, -0.1) is 0 Å². The number of nitrogens with one attached hydrogen (secondary N) is 1. The van der Waals surface area contributed by atoms with Gasteiger partial charge < -0.3 is 19.7 Å². The Labute approximate surface area is 118 Å². The van der Waals surface area contributed by atoms with Gasteiger partial charge in [-0.25, -0.2) is 0 Å². The monoisotopic (exact) mass is 282 g/mol. The fourth-order valence-electron chi connectivity index (χ4n) is 2.60. The van der Waals surface area contributed by atoms with Crippen molar-refractivity contribution in [2.75, 3.05) is 33.0 Å². The van der Waals surface area contributed by atoms with Gasteiger partial charge in [0, 0.05) is 19.6 Å². The highest BCUT2D eigenvalue weighted by Crippen LogP contribution is 2.39. The summed E-state index contributed by atoms with van der Waals surface area (Å²) in [5.41, 5.74) is 1.13. The van der Waals surface area contributed by atoms with Gasteiger partial charge >= 0.3 is 0 Å². The Balaban J connectivity index is 1.48. The first-order valence-electron chi connectivity index (χ1n) is 6.84. The molecule has 2 heterocycles. The van der Waals surface area contributed by atoms with Gasteiger partial charge in [-0.3, -0.25) is 0 Å². The molecule has 1 N–H and O–H groups in total. The number of rotatable bonds is 5. The first-order valence-corrected chi connectivity index (χ1v) is 7.22. The Morgan fingerprint density at radius 3 is 2.89 bits per heavy atom. The van der Waals surface area contributed by atoms with Crippen molar-refractivity contribution in [3.8, 4) is 11.5 Å². The lowest BCUT2D eigenvalue weighted by molar-refractivity contribution is 0.174. The standard InChI is InChI=1S/C14H19ClN2O2/c15-12-7-11(8-13-14(12)19-10-18-13)9-16-3-6-17-4-1-2-5-17/h7-8,16H,1-6,9-10H2. The van der Waals surface area contributed by atoms with Crippen LogP contribution in [0.3, 0.4) is 0 Å². The third kappa shape index (κ3) is 3.14. The molecule has 4 nitrogen and oxygen atoms in total. The lowest BCUT2D eigenvalue weighted by Crippen LogP contribution is -2.29. The predicted octanol–water partition coefficient (Wildman–Crippen LogP) is 2.25. The second kappa shape index (κ2) is 5.99. The molecule has 0 bridgehead atoms. The fourth-order valence-corrected chi connectivity index (χ4v) is 2.89. The third-order valence-electron chi connectivity index (χ3n) is 3.62. The van der Waals surface area contributed by atoms with Crippen LogP contribution in [0, 0.1) is 0 Å². The normalized spacial score (nSPS) is 18.2. The Hall–Kier alpha value is -0.970. The minimum absolute atomic E-state index is 0.265. The topological polar surface area (TPSA) is 33.7 Å². The number of benzene rings is 1. The Bertz CT molecular complexity index is 447. The van der Waals surface area contributed by atoms with Gasteiger partial charge in [0.2, 0.25) is 6.79 Å². The van der Waals surface area contributed by atoms with E-state index in [9.17, 15) is 0 Å². The van der Waals surface area contributed by atoms with Gasteiger partial charge in [0.05, 0.1) is 5.02 Å². The second-order valence-corrected chi connectivity index (χ2v) is 5.44. The number of nitrogens with zero attached hydrogens (tertiary/aromatic N) is 1. The van der Waals surface area contributed by atoms with Crippen LogP contribution in [0.15, 0.2) is 12.1 Å². The highest BCUT2D eigenvalue weighted by molar-refractivity contribution is 6.32. The molecule has 104 valence electrons. The van der Waals surface area contributed by atoms with Crippen LogP contribution < -0.4 is 14.8 Å². The molecule has 1 fully saturated rings. The summed E-state index contributed by atoms with van der Waals surface area (Å²) in [7, 11) is 0. The van der Waals surface area contributed by atoms with Crippen molar-refractivity contribution in [3.63, 3.8) is 0 Å². The lowest BCUT2D eigenvalue weighted by Gasteiger charge is -2.14. The van der Waals surface area contributed by atoms with Gasteiger partial charge in [-0.05, 0) is 43.6 Å². The quantitative estimate of drug-likeness (QED) is 0.840. The summed E-state index contributed by atoms with van der Waals surface area (Å²) in [6, 6.07) is 3.94. The van der Waals surface area contributed by atoms with Crippen molar-refractivity contribution in [3.05, 3.63) is 22.7 Å². The molecule has 0 spiro atoms. The van der Waals surface area contributed by atoms with Crippen LogP contribution in [-0.2, 0) is 6.54 Å². The molecule has 1 saturated heterocycles. The van der Waals surface area contributed by atoms with Crippen LogP contribution in [0.5, 0.6) is 11.5 Å². The van der Waals surface area contributed by atoms with E-state index >= 15 is 0 Å². The van der Waals surface area contributed by atoms with Crippen molar-refractivity contribution in [2.45, 2.75) is 19.4 Å². The number of fused-ring (bicyclic) bond motifs is 1. The zero-order valence-electron chi connectivity index (χ0n) is 11.0. The lowest BCUT2D eigenvalue weighted by atomic mass is 10.2. The maximum absolute atomic E-state index is 6.15. The van der Waals surface area contributed by atoms with E-state index in [1.807, 2.05) is 12.1 Å². The average molecular weight is 283 g/mol. The molecule has 0 unspecified atom stereocenters. The molecule has 1 aromatic carbocycles. The van der Waals surface area contributed by atoms with Gasteiger partial charge in [0.25, 0.3) is 0 Å². The molecule has 19 heavy (non-hydrogen) atoms. The molecule has 0 amide bonds. The highest BCUT2D eigenvalue weighted by Gasteiger charge is 2.18. The van der Waals surface area contributed by atoms with E-state index in [1.54, 1.807) is 0 Å². The first kappa shape index (κ1) is 13.0. The van der Waals surface area contributed by atoms with Gasteiger partial charge in [-0.2, -0.15) is 0 Å². The van der Waals surface area contributed by atoms with E-state index in [0.29, 0.717) is 10.8 Å². The first-order chi connectivity index (χ1) is 9.33. The van der Waals surface area contributed by atoms with Gasteiger partial charge in [0.1, 0.15) is 0 Å². The summed E-state index contributed by atoms with van der Waals surface area (Å²) in [5.74, 6) is 1.42. The molecule has 5 heteroatoms. The molecule has 2 aliphatic heterocycles. The summed E-state index contributed by atoms with van der Waals surface area (Å²) >= 11 is 6.15. The molecular weight excluding hydrogens is 264 g/mol. The molecular formula is C14H19ClN2O2. The van der Waals surface area contributed by atoms with E-state index in [-0.39, 0.29) is 6.79 Å². The predicted molar refractivity (Wildman–Crippen MR) is 75.0 cm³/mol. The maximum Gasteiger partial charge on any atom is 0.231 e. The zero-order chi connectivity index (χ0) is 13.1. The van der Waals surface area contributed by atoms with Crippen molar-refractivity contribution in [1.82, 2.24) is 10.2 Å². The number of hydrogen-bond acceptors (Lipinski definition) is 4. The SMILES string of the molecule is Clc1cc(CNCCN2CCCC2)cc2c1OCO2. The maximum atomic E-state index is 6.15. The van der Waals surface area contributed by atoms with Crippen LogP contribution in [0.1, 0.15) is 18.4 Å². The largest absolute Gasteiger partial charge is 0.454 e. The summed E-state index contributed by atoms with van der Waals surface area (Å²) in [6.45, 7) is 5.70. The minimum atomic E-state index is 0.265. The van der Waals surface area contributed by atoms with Crippen LogP contribution in [-0.4, -0.2) is 37.9 Å². The van der Waals surface area contributed by atoms with Crippen LogP contribution in [0.25, 0.3) is 0 Å². The summed E-state index contributed by atoms with van der Waals surface area (Å²) in [5, 5.41) is 4.08. The van der Waals surface area contributed by atoms with E-state index in [2.05, 4.69) is 10.2 Å². The minimum Gasteiger partial charge on any atom is -0.454 e. The number of ether oxygens (including phenoxy) is 2. The Morgan fingerprint density at radius 2 is 2.05 bits per heavy atom. The Kier molecular flexibility index (Phi) is 4.11. The molecule has 0 aliphatic carbocycles. The molecule has 0 aromatic heterocycles. The fraction of sp³-hybridized carbons (Fsp3) is 0.571. The van der Waals surface area contributed by atoms with Gasteiger partial charge in [-0.1, -0.05) is 11.6 Å². The van der Waals surface area contributed by atoms with E-state index in [0.717, 1.165) is 30.9 Å². The van der Waals surface area contributed by atoms with Crippen LogP contribution in [0.4, 0.5) is 0 Å². The average Bonchev–Trinajstić information content (AvgIpc) is 3.05. The molecule has 1 aromatic rings. The van der Waals surface area contributed by atoms with Crippen molar-refractivity contribution in [1.29, 1.82) is 0 Å². The molecule has 0 atom stereocenters. The van der Waals surface area contributed by atoms with E-state index < -0.39 is 0 Å². The highest BCUT2D eigenvalue weighted by atomic mass is 35.5. The third-order valence-corrected chi connectivity index (χ3v) is 3.90. The smallest absolute Gasteiger partial charge is 0.231 e. The van der Waals surface area contributed by atoms with Crippen LogP contribution in [0.2, 0.25) is 5.02 Å².